The van der Waals surface area contributed by atoms with Crippen LogP contribution in [0.4, 0.5) is 0 Å². The standard InChI is InChI=1S/C7H12O5Si.C5H12O4Si/c1-5-13(10-4,11-6(2)8)12-7(3)9;1-5(6)9-10(4,7-2)8-3/h5H,1H2,2-4H3;1-4H3. The predicted octanol–water partition coefficient (Wildman–Crippen LogP) is 0.834. The quantitative estimate of drug-likeness (QED) is 0.604. The van der Waals surface area contributed by atoms with Crippen LogP contribution in [0.5, 0.6) is 0 Å². The molecule has 0 saturated carbocycles. The van der Waals surface area contributed by atoms with Gasteiger partial charge in [0.2, 0.25) is 0 Å². The van der Waals surface area contributed by atoms with Crippen LogP contribution in [0.25, 0.3) is 0 Å². The summed E-state index contributed by atoms with van der Waals surface area (Å²) in [6.45, 7) is 8.77. The van der Waals surface area contributed by atoms with E-state index in [0.717, 1.165) is 0 Å². The van der Waals surface area contributed by atoms with Crippen molar-refractivity contribution in [2.45, 2.75) is 27.3 Å². The van der Waals surface area contributed by atoms with Crippen LogP contribution in [0.15, 0.2) is 12.3 Å². The van der Waals surface area contributed by atoms with Gasteiger partial charge >= 0.3 is 17.6 Å². The summed E-state index contributed by atoms with van der Waals surface area (Å²) in [6.07, 6.45) is 0. The smallest absolute Gasteiger partial charge is 0.474 e. The van der Waals surface area contributed by atoms with Gasteiger partial charge in [-0.3, -0.25) is 14.4 Å². The summed E-state index contributed by atoms with van der Waals surface area (Å²) in [5.41, 5.74) is 1.22. The predicted molar refractivity (Wildman–Crippen MR) is 83.9 cm³/mol. The highest BCUT2D eigenvalue weighted by Crippen LogP contribution is 2.10. The van der Waals surface area contributed by atoms with Crippen LogP contribution >= 0.6 is 0 Å². The van der Waals surface area contributed by atoms with E-state index in [-0.39, 0.29) is 5.97 Å². The van der Waals surface area contributed by atoms with E-state index in [9.17, 15) is 14.4 Å². The van der Waals surface area contributed by atoms with E-state index in [0.29, 0.717) is 0 Å². The molecular formula is C12H24O9Si2. The lowest BCUT2D eigenvalue weighted by molar-refractivity contribution is -0.142. The molecule has 0 rings (SSSR count). The molecule has 0 unspecified atom stereocenters. The van der Waals surface area contributed by atoms with Crippen LogP contribution in [0, 0.1) is 0 Å². The first kappa shape index (κ1) is 23.7. The second kappa shape index (κ2) is 11.1. The number of carbonyl (C=O) groups is 3. The van der Waals surface area contributed by atoms with Crippen molar-refractivity contribution in [3.05, 3.63) is 12.3 Å². The van der Waals surface area contributed by atoms with Crippen LogP contribution < -0.4 is 0 Å². The zero-order valence-electron chi connectivity index (χ0n) is 14.5. The lowest BCUT2D eigenvalue weighted by Gasteiger charge is -2.21. The molecule has 9 nitrogen and oxygen atoms in total. The molecule has 0 N–H and O–H groups in total. The van der Waals surface area contributed by atoms with Gasteiger partial charge in [0.1, 0.15) is 0 Å². The number of hydrogen-bond donors (Lipinski definition) is 0. The molecule has 0 bridgehead atoms. The molecule has 0 aromatic rings. The monoisotopic (exact) mass is 368 g/mol. The van der Waals surface area contributed by atoms with E-state index in [1.807, 2.05) is 0 Å². The lowest BCUT2D eigenvalue weighted by atomic mass is 10.9. The molecule has 11 heteroatoms. The average molecular weight is 368 g/mol. The third-order valence-electron chi connectivity index (χ3n) is 2.18. The maximum atomic E-state index is 10.7. The molecule has 0 heterocycles. The summed E-state index contributed by atoms with van der Waals surface area (Å²) in [4.78, 5) is 31.7. The minimum atomic E-state index is -3.30. The summed E-state index contributed by atoms with van der Waals surface area (Å²) >= 11 is 0. The van der Waals surface area contributed by atoms with Gasteiger partial charge in [-0.2, -0.15) is 0 Å². The van der Waals surface area contributed by atoms with Gasteiger partial charge in [-0.1, -0.05) is 6.58 Å². The van der Waals surface area contributed by atoms with Crippen LogP contribution in [0.1, 0.15) is 20.8 Å². The summed E-state index contributed by atoms with van der Waals surface area (Å²) < 4.78 is 28.9. The molecule has 0 amide bonds. The first-order valence-electron chi connectivity index (χ1n) is 6.37. The first-order chi connectivity index (χ1) is 10.5. The third-order valence-corrected chi connectivity index (χ3v) is 6.53. The van der Waals surface area contributed by atoms with E-state index < -0.39 is 29.5 Å². The van der Waals surface area contributed by atoms with Gasteiger partial charge in [-0.25, -0.2) is 0 Å². The summed E-state index contributed by atoms with van der Waals surface area (Å²) in [7, 11) is -1.71. The summed E-state index contributed by atoms with van der Waals surface area (Å²) in [5, 5.41) is 0. The Balaban J connectivity index is 0. The fourth-order valence-electron chi connectivity index (χ4n) is 1.10. The van der Waals surface area contributed by atoms with Gasteiger partial charge in [0.25, 0.3) is 17.9 Å². The Morgan fingerprint density at radius 3 is 1.26 bits per heavy atom. The highest BCUT2D eigenvalue weighted by molar-refractivity contribution is 6.69. The fraction of sp³-hybridized carbons (Fsp3) is 0.583. The Morgan fingerprint density at radius 1 is 0.783 bits per heavy atom. The maximum Gasteiger partial charge on any atom is 0.664 e. The zero-order chi connectivity index (χ0) is 18.7. The Bertz CT molecular complexity index is 405. The molecule has 0 aliphatic rings. The molecule has 0 radical (unpaired) electrons. The number of rotatable bonds is 7. The van der Waals surface area contributed by atoms with Crippen LogP contribution in [-0.2, 0) is 40.9 Å². The number of hydrogen-bond acceptors (Lipinski definition) is 9. The van der Waals surface area contributed by atoms with E-state index in [1.54, 1.807) is 6.55 Å². The van der Waals surface area contributed by atoms with Crippen molar-refractivity contribution in [3.8, 4) is 0 Å². The van der Waals surface area contributed by atoms with Crippen molar-refractivity contribution in [3.63, 3.8) is 0 Å². The third kappa shape index (κ3) is 10.8. The Labute approximate surface area is 138 Å². The Hall–Kier alpha value is -1.54. The normalized spacial score (nSPS) is 10.7. The van der Waals surface area contributed by atoms with Crippen molar-refractivity contribution in [2.24, 2.45) is 0 Å². The second-order valence-corrected chi connectivity index (χ2v) is 9.24. The average Bonchev–Trinajstić information content (AvgIpc) is 2.45. The molecule has 0 atom stereocenters. The van der Waals surface area contributed by atoms with Crippen molar-refractivity contribution < 1.29 is 40.9 Å². The van der Waals surface area contributed by atoms with Crippen LogP contribution in [-0.4, -0.2) is 56.8 Å². The van der Waals surface area contributed by atoms with E-state index in [1.165, 1.54) is 47.8 Å². The highest BCUT2D eigenvalue weighted by atomic mass is 28.4. The van der Waals surface area contributed by atoms with Crippen molar-refractivity contribution in [1.29, 1.82) is 0 Å². The minimum absolute atomic E-state index is 0.377. The van der Waals surface area contributed by atoms with Gasteiger partial charge in [0.05, 0.1) is 0 Å². The second-order valence-electron chi connectivity index (χ2n) is 4.06. The molecule has 0 saturated heterocycles. The maximum absolute atomic E-state index is 10.7. The van der Waals surface area contributed by atoms with Gasteiger partial charge < -0.3 is 26.6 Å². The van der Waals surface area contributed by atoms with Crippen molar-refractivity contribution in [2.75, 3.05) is 21.3 Å². The molecule has 0 aliphatic heterocycles. The van der Waals surface area contributed by atoms with Crippen LogP contribution in [0.3, 0.4) is 0 Å². The zero-order valence-corrected chi connectivity index (χ0v) is 16.5. The molecule has 0 aliphatic carbocycles. The molecule has 134 valence electrons. The fourth-order valence-corrected chi connectivity index (χ4v) is 3.30. The Morgan fingerprint density at radius 2 is 1.13 bits per heavy atom. The SMILES string of the molecule is C=C[Si](OC)(OC(C)=O)OC(C)=O.CO[Si](C)(OC)OC(C)=O. The van der Waals surface area contributed by atoms with Gasteiger partial charge in [0.15, 0.2) is 0 Å². The molecule has 0 fully saturated rings. The van der Waals surface area contributed by atoms with Crippen LogP contribution in [0.2, 0.25) is 6.55 Å². The van der Waals surface area contributed by atoms with Crippen molar-refractivity contribution in [1.82, 2.24) is 0 Å². The minimum Gasteiger partial charge on any atom is -0.474 e. The molecule has 0 aromatic heterocycles. The highest BCUT2D eigenvalue weighted by Gasteiger charge is 2.43. The van der Waals surface area contributed by atoms with E-state index >= 15 is 0 Å². The number of carbonyl (C=O) groups excluding carboxylic acids is 3. The van der Waals surface area contributed by atoms with E-state index in [4.69, 9.17) is 26.6 Å². The van der Waals surface area contributed by atoms with Gasteiger partial charge in [-0.15, -0.1) is 0 Å². The lowest BCUT2D eigenvalue weighted by Crippen LogP contribution is -2.45. The van der Waals surface area contributed by atoms with Gasteiger partial charge in [0, 0.05) is 54.3 Å². The van der Waals surface area contributed by atoms with E-state index in [2.05, 4.69) is 6.58 Å². The Kier molecular flexibility index (Phi) is 11.4. The molecular weight excluding hydrogens is 344 g/mol. The summed E-state index contributed by atoms with van der Waals surface area (Å²) in [6, 6.07) is 0. The largest absolute Gasteiger partial charge is 0.664 e. The summed E-state index contributed by atoms with van der Waals surface area (Å²) in [5.74, 6) is -1.53. The van der Waals surface area contributed by atoms with Crippen molar-refractivity contribution >= 4 is 35.5 Å². The molecule has 23 heavy (non-hydrogen) atoms. The molecule has 0 spiro atoms. The molecule has 0 aromatic carbocycles. The topological polar surface area (TPSA) is 107 Å². The van der Waals surface area contributed by atoms with Gasteiger partial charge in [-0.05, 0) is 0 Å². The first-order valence-corrected chi connectivity index (χ1v) is 10.4.